The fraction of sp³-hybridized carbons (Fsp3) is 0.462. The summed E-state index contributed by atoms with van der Waals surface area (Å²) in [5, 5.41) is 0. The fourth-order valence-corrected chi connectivity index (χ4v) is 1.39. The first-order valence-electron chi connectivity index (χ1n) is 5.25. The summed E-state index contributed by atoms with van der Waals surface area (Å²) >= 11 is 0. The first kappa shape index (κ1) is 11.0. The fourth-order valence-electron chi connectivity index (χ4n) is 1.39. The molecule has 0 aliphatic rings. The van der Waals surface area contributed by atoms with E-state index >= 15 is 0 Å². The molecule has 0 aliphatic carbocycles. The normalized spacial score (nSPS) is 11.5. The molecule has 0 saturated heterocycles. The molecule has 0 amide bonds. The monoisotopic (exact) mass is 189 g/mol. The highest BCUT2D eigenvalue weighted by Gasteiger charge is 2.01. The zero-order valence-corrected chi connectivity index (χ0v) is 9.54. The molecule has 0 unspecified atom stereocenters. The Kier molecular flexibility index (Phi) is 3.87. The molecule has 0 fully saturated rings. The van der Waals surface area contributed by atoms with Gasteiger partial charge in [0.15, 0.2) is 0 Å². The zero-order valence-electron chi connectivity index (χ0n) is 9.54. The van der Waals surface area contributed by atoms with E-state index < -0.39 is 0 Å². The first-order chi connectivity index (χ1) is 6.65. The Hall–Kier alpha value is -1.11. The van der Waals surface area contributed by atoms with Crippen LogP contribution in [0.3, 0.4) is 0 Å². The van der Waals surface area contributed by atoms with Crippen LogP contribution in [-0.2, 0) is 0 Å². The third-order valence-corrected chi connectivity index (χ3v) is 2.37. The van der Waals surface area contributed by atoms with E-state index in [0.29, 0.717) is 5.92 Å². The summed E-state index contributed by atoms with van der Waals surface area (Å²) in [6.07, 6.45) is 1.96. The molecule has 0 heterocycles. The molecule has 0 bridgehead atoms. The summed E-state index contributed by atoms with van der Waals surface area (Å²) in [6.45, 7) is 9.48. The van der Waals surface area contributed by atoms with Crippen molar-refractivity contribution in [2.75, 3.05) is 6.54 Å². The number of hydrogen-bond acceptors (Lipinski definition) is 1. The van der Waals surface area contributed by atoms with Crippen molar-refractivity contribution in [3.05, 3.63) is 34.9 Å². The van der Waals surface area contributed by atoms with Gasteiger partial charge < -0.3 is 0 Å². The minimum atomic E-state index is 0.603. The van der Waals surface area contributed by atoms with Gasteiger partial charge in [-0.05, 0) is 36.5 Å². The third-order valence-electron chi connectivity index (χ3n) is 2.37. The first-order valence-corrected chi connectivity index (χ1v) is 5.25. The summed E-state index contributed by atoms with van der Waals surface area (Å²) in [6, 6.07) is 6.60. The Balaban J connectivity index is 2.95. The highest BCUT2D eigenvalue weighted by Crippen LogP contribution is 2.17. The van der Waals surface area contributed by atoms with Crippen molar-refractivity contribution in [2.45, 2.75) is 33.6 Å². The van der Waals surface area contributed by atoms with Crippen LogP contribution in [0.5, 0.6) is 0 Å². The lowest BCUT2D eigenvalue weighted by Crippen LogP contribution is -1.93. The standard InChI is InChI=1S/C13H19N/c1-5-14-9-13-7-6-12(10(2)3)8-11(13)4/h6-10H,5H2,1-4H3. The molecule has 0 saturated carbocycles. The minimum absolute atomic E-state index is 0.603. The Bertz CT molecular complexity index is 324. The molecule has 1 nitrogen and oxygen atoms in total. The van der Waals surface area contributed by atoms with Crippen LogP contribution in [0.15, 0.2) is 23.2 Å². The number of benzene rings is 1. The van der Waals surface area contributed by atoms with E-state index in [-0.39, 0.29) is 0 Å². The molecule has 1 rings (SSSR count). The summed E-state index contributed by atoms with van der Waals surface area (Å²) in [5.41, 5.74) is 3.95. The van der Waals surface area contributed by atoms with Crippen molar-refractivity contribution in [1.82, 2.24) is 0 Å². The van der Waals surface area contributed by atoms with Gasteiger partial charge in [-0.3, -0.25) is 4.99 Å². The highest BCUT2D eigenvalue weighted by atomic mass is 14.7. The van der Waals surface area contributed by atoms with Crippen molar-refractivity contribution >= 4 is 6.21 Å². The molecule has 1 aromatic rings. The van der Waals surface area contributed by atoms with Gasteiger partial charge in [0.2, 0.25) is 0 Å². The Morgan fingerprint density at radius 1 is 1.36 bits per heavy atom. The van der Waals surface area contributed by atoms with Gasteiger partial charge in [0.1, 0.15) is 0 Å². The molecule has 0 radical (unpaired) electrons. The van der Waals surface area contributed by atoms with Crippen molar-refractivity contribution < 1.29 is 0 Å². The van der Waals surface area contributed by atoms with Gasteiger partial charge in [0.25, 0.3) is 0 Å². The zero-order chi connectivity index (χ0) is 10.6. The predicted molar refractivity (Wildman–Crippen MR) is 63.4 cm³/mol. The van der Waals surface area contributed by atoms with E-state index in [4.69, 9.17) is 0 Å². The quantitative estimate of drug-likeness (QED) is 0.645. The van der Waals surface area contributed by atoms with E-state index in [1.54, 1.807) is 0 Å². The van der Waals surface area contributed by atoms with Crippen LogP contribution >= 0.6 is 0 Å². The van der Waals surface area contributed by atoms with Crippen molar-refractivity contribution in [1.29, 1.82) is 0 Å². The van der Waals surface area contributed by atoms with Crippen LogP contribution in [0.25, 0.3) is 0 Å². The number of aliphatic imine (C=N–C) groups is 1. The number of hydrogen-bond donors (Lipinski definition) is 0. The molecule has 14 heavy (non-hydrogen) atoms. The summed E-state index contributed by atoms with van der Waals surface area (Å²) in [7, 11) is 0. The summed E-state index contributed by atoms with van der Waals surface area (Å²) < 4.78 is 0. The average Bonchev–Trinajstić information content (AvgIpc) is 2.15. The van der Waals surface area contributed by atoms with Crippen molar-refractivity contribution in [3.8, 4) is 0 Å². The van der Waals surface area contributed by atoms with E-state index in [1.807, 2.05) is 13.1 Å². The molecule has 0 atom stereocenters. The van der Waals surface area contributed by atoms with E-state index in [9.17, 15) is 0 Å². The Morgan fingerprint density at radius 2 is 2.07 bits per heavy atom. The van der Waals surface area contributed by atoms with Crippen molar-refractivity contribution in [3.63, 3.8) is 0 Å². The Labute approximate surface area is 86.9 Å². The molecule has 0 spiro atoms. The lowest BCUT2D eigenvalue weighted by Gasteiger charge is -2.07. The number of rotatable bonds is 3. The van der Waals surface area contributed by atoms with Crippen LogP contribution < -0.4 is 0 Å². The average molecular weight is 189 g/mol. The second-order valence-corrected chi connectivity index (χ2v) is 3.90. The van der Waals surface area contributed by atoms with Crippen LogP contribution in [0, 0.1) is 6.92 Å². The molecule has 76 valence electrons. The van der Waals surface area contributed by atoms with Gasteiger partial charge >= 0.3 is 0 Å². The van der Waals surface area contributed by atoms with Crippen LogP contribution in [0.1, 0.15) is 43.4 Å². The molecular weight excluding hydrogens is 170 g/mol. The van der Waals surface area contributed by atoms with E-state index in [0.717, 1.165) is 6.54 Å². The third kappa shape index (κ3) is 2.69. The highest BCUT2D eigenvalue weighted by molar-refractivity contribution is 5.81. The largest absolute Gasteiger partial charge is 0.293 e. The molecule has 0 aromatic heterocycles. The summed E-state index contributed by atoms with van der Waals surface area (Å²) in [5.74, 6) is 0.603. The van der Waals surface area contributed by atoms with Crippen LogP contribution in [-0.4, -0.2) is 12.8 Å². The second-order valence-electron chi connectivity index (χ2n) is 3.90. The van der Waals surface area contributed by atoms with Gasteiger partial charge in [0, 0.05) is 12.8 Å². The van der Waals surface area contributed by atoms with Gasteiger partial charge in [-0.15, -0.1) is 0 Å². The maximum atomic E-state index is 4.25. The molecule has 1 aromatic carbocycles. The van der Waals surface area contributed by atoms with Crippen LogP contribution in [0.2, 0.25) is 0 Å². The van der Waals surface area contributed by atoms with E-state index in [1.165, 1.54) is 16.7 Å². The second kappa shape index (κ2) is 4.94. The minimum Gasteiger partial charge on any atom is -0.293 e. The number of nitrogens with zero attached hydrogens (tertiary/aromatic N) is 1. The maximum absolute atomic E-state index is 4.25. The number of aryl methyl sites for hydroxylation is 1. The van der Waals surface area contributed by atoms with Crippen LogP contribution in [0.4, 0.5) is 0 Å². The van der Waals surface area contributed by atoms with Gasteiger partial charge in [-0.2, -0.15) is 0 Å². The summed E-state index contributed by atoms with van der Waals surface area (Å²) in [4.78, 5) is 4.25. The molecule has 0 aliphatic heterocycles. The Morgan fingerprint density at radius 3 is 2.57 bits per heavy atom. The smallest absolute Gasteiger partial charge is 0.0361 e. The van der Waals surface area contributed by atoms with Gasteiger partial charge in [-0.1, -0.05) is 32.0 Å². The predicted octanol–water partition coefficient (Wildman–Crippen LogP) is 3.56. The molecule has 1 heteroatoms. The molecule has 0 N–H and O–H groups in total. The SMILES string of the molecule is CCN=Cc1ccc(C(C)C)cc1C. The van der Waals surface area contributed by atoms with E-state index in [2.05, 4.69) is 44.0 Å². The topological polar surface area (TPSA) is 12.4 Å². The lowest BCUT2D eigenvalue weighted by molar-refractivity contribution is 0.865. The lowest BCUT2D eigenvalue weighted by atomic mass is 9.98. The molecular formula is C13H19N. The van der Waals surface area contributed by atoms with Crippen molar-refractivity contribution in [2.24, 2.45) is 4.99 Å². The maximum Gasteiger partial charge on any atom is 0.0361 e. The van der Waals surface area contributed by atoms with Gasteiger partial charge in [-0.25, -0.2) is 0 Å². The van der Waals surface area contributed by atoms with Gasteiger partial charge in [0.05, 0.1) is 0 Å².